The maximum Gasteiger partial charge on any atom is 0.246 e. The smallest absolute Gasteiger partial charge is 0.246 e. The Morgan fingerprint density at radius 2 is 0.974 bits per heavy atom. The molecule has 8 N–H and O–H groups in total. The first kappa shape index (κ1) is 56.0. The zero-order valence-corrected chi connectivity index (χ0v) is 47.6. The van der Waals surface area contributed by atoms with E-state index in [2.05, 4.69) is 42.5 Å². The van der Waals surface area contributed by atoms with Gasteiger partial charge in [-0.3, -0.25) is 33.6 Å². The molecule has 76 heavy (non-hydrogen) atoms. The van der Waals surface area contributed by atoms with Crippen molar-refractivity contribution >= 4 is 82.1 Å². The highest BCUT2D eigenvalue weighted by molar-refractivity contribution is 8.00. The van der Waals surface area contributed by atoms with E-state index in [9.17, 15) is 33.6 Å². The van der Waals surface area contributed by atoms with Gasteiger partial charge in [-0.15, -0.1) is 23.5 Å². The van der Waals surface area contributed by atoms with Gasteiger partial charge in [0.1, 0.15) is 24.2 Å². The summed E-state index contributed by atoms with van der Waals surface area (Å²) in [5.74, 6) is -1.29. The van der Waals surface area contributed by atoms with Crippen molar-refractivity contribution in [1.82, 2.24) is 52.3 Å². The monoisotopic (exact) mass is 1100 g/mol. The number of nitrogens with one attached hydrogen (secondary N) is 8. The molecule has 1 saturated carbocycles. The lowest BCUT2D eigenvalue weighted by molar-refractivity contribution is -0.144. The Kier molecular flexibility index (Phi) is 16.9. The molecule has 20 heteroatoms. The maximum atomic E-state index is 14.8. The lowest BCUT2D eigenvalue weighted by Gasteiger charge is -2.36. The number of likely N-dealkylation sites (N-methyl/N-ethyl adjacent to an activating group) is 2. The fourth-order valence-electron chi connectivity index (χ4n) is 13.1. The van der Waals surface area contributed by atoms with E-state index in [1.807, 2.05) is 90.2 Å². The largest absolute Gasteiger partial charge is 0.367 e. The Morgan fingerprint density at radius 1 is 0.566 bits per heavy atom. The molecule has 7 amide bonds. The molecule has 0 radical (unpaired) electrons. The molecule has 2 aromatic rings. The van der Waals surface area contributed by atoms with E-state index >= 15 is 0 Å². The van der Waals surface area contributed by atoms with Crippen LogP contribution >= 0.6 is 35.7 Å². The highest BCUT2D eigenvalue weighted by Crippen LogP contribution is 2.49. The average Bonchev–Trinajstić information content (AvgIpc) is 4.06. The molecule has 7 aliphatic rings. The van der Waals surface area contributed by atoms with Crippen molar-refractivity contribution in [3.05, 3.63) is 70.8 Å². The fraction of sp³-hybridized carbons (Fsp3) is 0.643. The zero-order valence-electron chi connectivity index (χ0n) is 45.2. The van der Waals surface area contributed by atoms with E-state index in [1.54, 1.807) is 47.3 Å². The van der Waals surface area contributed by atoms with Gasteiger partial charge in [0.05, 0.1) is 51.7 Å². The highest BCUT2D eigenvalue weighted by Gasteiger charge is 2.57. The van der Waals surface area contributed by atoms with Crippen LogP contribution in [-0.4, -0.2) is 141 Å². The molecule has 0 unspecified atom stereocenters. The first-order valence-corrected chi connectivity index (χ1v) is 29.9. The predicted molar refractivity (Wildman–Crippen MR) is 300 cm³/mol. The van der Waals surface area contributed by atoms with Crippen LogP contribution in [-0.2, 0) is 46.4 Å². The van der Waals surface area contributed by atoms with Crippen LogP contribution in [0.4, 0.5) is 0 Å². The summed E-state index contributed by atoms with van der Waals surface area (Å²) < 4.78 is 0. The van der Waals surface area contributed by atoms with E-state index in [4.69, 9.17) is 12.2 Å². The van der Waals surface area contributed by atoms with E-state index in [-0.39, 0.29) is 70.2 Å². The third kappa shape index (κ3) is 11.3. The van der Waals surface area contributed by atoms with Crippen molar-refractivity contribution in [2.75, 3.05) is 25.6 Å². The van der Waals surface area contributed by atoms with Crippen LogP contribution in [0, 0.1) is 22.7 Å². The van der Waals surface area contributed by atoms with Crippen LogP contribution in [0.5, 0.6) is 0 Å². The van der Waals surface area contributed by atoms with Crippen molar-refractivity contribution in [2.24, 2.45) is 22.7 Å². The number of carbonyl (C=O) groups excluding carboxylic acids is 7. The average molecular weight is 1100 g/mol. The SMILES string of the molecule is CN[C@@H](C)C(=O)N[C@H]1CCS[C@H]2CC(C)(C)[C@@H](C(=O)N[C@H]3c4ccccc4C[C@H]3C(=O)NC3CCC(NC(=O)[C@@H]4Cc5ccccc5[C@@H]4NC(=O)[C@H]4N5C(=O)[C@@H](NC(=S)[C@H](C)NC)CCS[C@H]5CC4(C)C)CC3)N2C1=O. The Bertz CT molecular complexity index is 2420. The Labute approximate surface area is 461 Å². The van der Waals surface area contributed by atoms with Gasteiger partial charge in [-0.1, -0.05) is 88.4 Å². The lowest BCUT2D eigenvalue weighted by Crippen LogP contribution is -2.58. The van der Waals surface area contributed by atoms with Gasteiger partial charge in [0, 0.05) is 12.1 Å². The first-order valence-electron chi connectivity index (χ1n) is 27.4. The van der Waals surface area contributed by atoms with Crippen LogP contribution in [0.2, 0.25) is 0 Å². The van der Waals surface area contributed by atoms with E-state index in [0.717, 1.165) is 28.0 Å². The van der Waals surface area contributed by atoms with Crippen LogP contribution in [0.25, 0.3) is 0 Å². The number of benzene rings is 2. The van der Waals surface area contributed by atoms with Crippen LogP contribution in [0.3, 0.4) is 0 Å². The van der Waals surface area contributed by atoms with Gasteiger partial charge in [-0.2, -0.15) is 0 Å². The van der Waals surface area contributed by atoms with Gasteiger partial charge in [0.2, 0.25) is 41.4 Å². The maximum absolute atomic E-state index is 14.8. The Morgan fingerprint density at radius 3 is 1.39 bits per heavy atom. The minimum atomic E-state index is -0.812. The normalized spacial score (nSPS) is 32.0. The number of amides is 7. The van der Waals surface area contributed by atoms with Crippen molar-refractivity contribution in [1.29, 1.82) is 0 Å². The molecule has 9 rings (SSSR count). The summed E-state index contributed by atoms with van der Waals surface area (Å²) in [6.45, 7) is 11.8. The third-order valence-corrected chi connectivity index (χ3v) is 20.5. The summed E-state index contributed by atoms with van der Waals surface area (Å²) >= 11 is 8.98. The lowest BCUT2D eigenvalue weighted by atomic mass is 9.83. The molecule has 3 aliphatic carbocycles. The van der Waals surface area contributed by atoms with Crippen LogP contribution in [0.1, 0.15) is 127 Å². The second-order valence-electron chi connectivity index (χ2n) is 23.6. The van der Waals surface area contributed by atoms with Gasteiger partial charge >= 0.3 is 0 Å². The summed E-state index contributed by atoms with van der Waals surface area (Å²) in [7, 11) is 3.51. The van der Waals surface area contributed by atoms with Gasteiger partial charge in [0.15, 0.2) is 0 Å². The molecule has 2 aromatic carbocycles. The van der Waals surface area contributed by atoms with Crippen molar-refractivity contribution in [3.63, 3.8) is 0 Å². The quantitative estimate of drug-likeness (QED) is 0.127. The van der Waals surface area contributed by atoms with Gasteiger partial charge in [0.25, 0.3) is 0 Å². The molecule has 0 aromatic heterocycles. The summed E-state index contributed by atoms with van der Waals surface area (Å²) in [4.78, 5) is 104. The summed E-state index contributed by atoms with van der Waals surface area (Å²) in [5, 5.41) is 25.2. The van der Waals surface area contributed by atoms with Crippen molar-refractivity contribution in [2.45, 2.75) is 177 Å². The first-order chi connectivity index (χ1) is 36.2. The molecular formula is C56H78N10O7S3. The molecule has 17 nitrogen and oxygen atoms in total. The number of rotatable bonds is 14. The van der Waals surface area contributed by atoms with Gasteiger partial charge in [-0.05, 0) is 137 Å². The zero-order chi connectivity index (χ0) is 54.4. The molecule has 12 atom stereocenters. The van der Waals surface area contributed by atoms with E-state index < -0.39 is 65.0 Å². The molecule has 4 aliphatic heterocycles. The number of fused-ring (bicyclic) bond motifs is 4. The number of thioether (sulfide) groups is 2. The molecular weight excluding hydrogens is 1020 g/mol. The molecule has 5 fully saturated rings. The highest BCUT2D eigenvalue weighted by atomic mass is 32.2. The fourth-order valence-corrected chi connectivity index (χ4v) is 16.5. The molecule has 4 heterocycles. The predicted octanol–water partition coefficient (Wildman–Crippen LogP) is 3.76. The minimum absolute atomic E-state index is 0.118. The van der Waals surface area contributed by atoms with E-state index in [0.29, 0.717) is 74.9 Å². The number of thiocarbonyl (C=S) groups is 1. The van der Waals surface area contributed by atoms with Crippen molar-refractivity contribution < 1.29 is 33.6 Å². The molecule has 0 spiro atoms. The molecule has 0 bridgehead atoms. The summed E-state index contributed by atoms with van der Waals surface area (Å²) in [6.07, 6.45) is 5.81. The molecule has 412 valence electrons. The summed E-state index contributed by atoms with van der Waals surface area (Å²) in [5.41, 5.74) is 2.68. The third-order valence-electron chi connectivity index (χ3n) is 17.5. The van der Waals surface area contributed by atoms with E-state index in [1.165, 1.54) is 0 Å². The second kappa shape index (κ2) is 22.9. The van der Waals surface area contributed by atoms with Crippen molar-refractivity contribution in [3.8, 4) is 0 Å². The van der Waals surface area contributed by atoms with Crippen LogP contribution < -0.4 is 42.5 Å². The minimum Gasteiger partial charge on any atom is -0.367 e. The molecule has 4 saturated heterocycles. The Balaban J connectivity index is 0.830. The number of carbonyl (C=O) groups is 7. The topological polar surface area (TPSA) is 222 Å². The van der Waals surface area contributed by atoms with Gasteiger partial charge < -0.3 is 52.3 Å². The second-order valence-corrected chi connectivity index (χ2v) is 26.6. The standard InChI is InChI=1S/C56H78N10O7S3/c1-29(57-7)47(67)61-39-21-23-75-41-27-55(3,4)45(65(41)53(39)72)50(70)63-43-35-15-11-9-13-31(35)25-37(43)48(68)59-33-17-19-34(20-18-33)60-49(69)38-26-32-14-10-12-16-36(32)44(38)64-51(71)46-56(5,6)28-42-66(46)54(73)40(22-24-76-42)62-52(74)30(2)58-8/h9-16,29-30,33-34,37-46,57-58H,17-28H2,1-8H3,(H,59,68)(H,60,69)(H,61,67)(H,62,74)(H,63,70)(H,64,71)/t29-,30-,33?,34?,37+,38+,39-,40-,41-,42-,43-,44-,45+,46+/m0/s1. The number of hydrogen-bond acceptors (Lipinski definition) is 12. The number of nitrogens with zero attached hydrogens (tertiary/aromatic N) is 2. The number of hydrogen-bond donors (Lipinski definition) is 8. The van der Waals surface area contributed by atoms with Crippen LogP contribution in [0.15, 0.2) is 48.5 Å². The summed E-state index contributed by atoms with van der Waals surface area (Å²) in [6, 6.07) is 10.7. The Hall–Kier alpha value is -4.76. The van der Waals surface area contributed by atoms with Gasteiger partial charge in [-0.25, -0.2) is 0 Å².